The second-order valence-electron chi connectivity index (χ2n) is 5.40. The van der Waals surface area contributed by atoms with Crippen molar-refractivity contribution in [2.24, 2.45) is 17.1 Å². The van der Waals surface area contributed by atoms with Crippen molar-refractivity contribution >= 4 is 11.3 Å². The van der Waals surface area contributed by atoms with E-state index < -0.39 is 0 Å². The Morgan fingerprint density at radius 1 is 1.53 bits per heavy atom. The lowest BCUT2D eigenvalue weighted by Crippen LogP contribution is -2.05. The molecule has 1 aliphatic carbocycles. The molecule has 1 saturated carbocycles. The predicted molar refractivity (Wildman–Crippen MR) is 65.3 cm³/mol. The summed E-state index contributed by atoms with van der Waals surface area (Å²) < 4.78 is 0. The highest BCUT2D eigenvalue weighted by Gasteiger charge is 2.58. The average molecular weight is 224 g/mol. The number of rotatable bonds is 3. The zero-order chi connectivity index (χ0) is 11.2. The van der Waals surface area contributed by atoms with Crippen LogP contribution in [0.4, 0.5) is 0 Å². The Morgan fingerprint density at radius 3 is 2.60 bits per heavy atom. The number of nitrogens with two attached hydrogens (primary N) is 1. The van der Waals surface area contributed by atoms with Crippen LogP contribution < -0.4 is 5.73 Å². The van der Waals surface area contributed by atoms with Crippen molar-refractivity contribution in [2.45, 2.75) is 39.5 Å². The molecule has 0 amide bonds. The van der Waals surface area contributed by atoms with E-state index in [0.29, 0.717) is 23.2 Å². The molecular formula is C12H20N2S. The fourth-order valence-corrected chi connectivity index (χ4v) is 3.74. The standard InChI is InChI=1S/C12H20N2S/c1-7(2)11-14-6-9(15-11)10-8(5-13)12(10,3)4/h6-8,10H,5,13H2,1-4H3/t8-,10+/m0/s1. The topological polar surface area (TPSA) is 38.9 Å². The van der Waals surface area contributed by atoms with Crippen LogP contribution in [0.5, 0.6) is 0 Å². The monoisotopic (exact) mass is 224 g/mol. The van der Waals surface area contributed by atoms with E-state index in [4.69, 9.17) is 5.73 Å². The second kappa shape index (κ2) is 3.56. The van der Waals surface area contributed by atoms with Crippen LogP contribution >= 0.6 is 11.3 Å². The molecule has 2 rings (SSSR count). The van der Waals surface area contributed by atoms with Crippen LogP contribution in [0.3, 0.4) is 0 Å². The molecule has 1 fully saturated rings. The molecule has 0 unspecified atom stereocenters. The van der Waals surface area contributed by atoms with E-state index in [1.807, 2.05) is 11.3 Å². The Morgan fingerprint density at radius 2 is 2.20 bits per heavy atom. The maximum absolute atomic E-state index is 5.79. The lowest BCUT2D eigenvalue weighted by atomic mass is 10.1. The Labute approximate surface area is 95.9 Å². The molecule has 1 aliphatic rings. The van der Waals surface area contributed by atoms with Gasteiger partial charge in [0.2, 0.25) is 0 Å². The minimum Gasteiger partial charge on any atom is -0.330 e. The van der Waals surface area contributed by atoms with Crippen molar-refractivity contribution in [3.63, 3.8) is 0 Å². The summed E-state index contributed by atoms with van der Waals surface area (Å²) in [6.07, 6.45) is 2.06. The predicted octanol–water partition coefficient (Wildman–Crippen LogP) is 2.96. The molecule has 0 bridgehead atoms. The largest absolute Gasteiger partial charge is 0.330 e. The third-order valence-electron chi connectivity index (χ3n) is 3.65. The highest BCUT2D eigenvalue weighted by Crippen LogP contribution is 2.64. The number of hydrogen-bond acceptors (Lipinski definition) is 3. The molecule has 84 valence electrons. The third kappa shape index (κ3) is 1.72. The first-order valence-electron chi connectivity index (χ1n) is 5.64. The van der Waals surface area contributed by atoms with E-state index in [-0.39, 0.29) is 0 Å². The van der Waals surface area contributed by atoms with Gasteiger partial charge in [0.05, 0.1) is 5.01 Å². The lowest BCUT2D eigenvalue weighted by molar-refractivity contribution is 0.559. The van der Waals surface area contributed by atoms with Crippen molar-refractivity contribution < 1.29 is 0 Å². The summed E-state index contributed by atoms with van der Waals surface area (Å²) in [5, 5.41) is 1.25. The molecule has 15 heavy (non-hydrogen) atoms. The molecule has 3 heteroatoms. The Hall–Kier alpha value is -0.410. The minimum absolute atomic E-state index is 0.384. The first-order chi connectivity index (χ1) is 6.98. The Balaban J connectivity index is 2.18. The molecule has 0 aromatic carbocycles. The quantitative estimate of drug-likeness (QED) is 0.857. The van der Waals surface area contributed by atoms with Gasteiger partial charge in [0.1, 0.15) is 0 Å². The fourth-order valence-electron chi connectivity index (χ4n) is 2.46. The van der Waals surface area contributed by atoms with Crippen LogP contribution in [-0.2, 0) is 0 Å². The molecule has 2 N–H and O–H groups in total. The third-order valence-corrected chi connectivity index (χ3v) is 5.03. The molecule has 1 heterocycles. The molecule has 0 radical (unpaired) electrons. The van der Waals surface area contributed by atoms with Crippen LogP contribution in [0.2, 0.25) is 0 Å². The second-order valence-corrected chi connectivity index (χ2v) is 6.49. The van der Waals surface area contributed by atoms with Crippen molar-refractivity contribution in [3.8, 4) is 0 Å². The Bertz CT molecular complexity index is 354. The van der Waals surface area contributed by atoms with Crippen LogP contribution in [0.25, 0.3) is 0 Å². The number of hydrogen-bond donors (Lipinski definition) is 1. The van der Waals surface area contributed by atoms with Crippen molar-refractivity contribution in [2.75, 3.05) is 6.54 Å². The van der Waals surface area contributed by atoms with Gasteiger partial charge in [-0.2, -0.15) is 0 Å². The number of nitrogens with zero attached hydrogens (tertiary/aromatic N) is 1. The highest BCUT2D eigenvalue weighted by molar-refractivity contribution is 7.11. The summed E-state index contributed by atoms with van der Waals surface area (Å²) in [5.41, 5.74) is 6.17. The Kier molecular flexibility index (Phi) is 2.63. The zero-order valence-electron chi connectivity index (χ0n) is 9.95. The molecule has 1 aromatic heterocycles. The van der Waals surface area contributed by atoms with Gasteiger partial charge in [-0.3, -0.25) is 0 Å². The summed E-state index contributed by atoms with van der Waals surface area (Å²) in [7, 11) is 0. The molecule has 1 aromatic rings. The van der Waals surface area contributed by atoms with Gasteiger partial charge in [-0.25, -0.2) is 4.98 Å². The van der Waals surface area contributed by atoms with Crippen molar-refractivity contribution in [3.05, 3.63) is 16.1 Å². The SMILES string of the molecule is CC(C)c1ncc([C@H]2[C@H](CN)C2(C)C)s1. The molecule has 0 spiro atoms. The number of thiazole rings is 1. The normalized spacial score (nSPS) is 28.4. The summed E-state index contributed by atoms with van der Waals surface area (Å²) in [5.74, 6) is 1.84. The van der Waals surface area contributed by atoms with Crippen LogP contribution in [0.1, 0.15) is 49.4 Å². The first kappa shape index (κ1) is 11.1. The van der Waals surface area contributed by atoms with Gasteiger partial charge in [-0.1, -0.05) is 27.7 Å². The van der Waals surface area contributed by atoms with E-state index in [1.54, 1.807) is 0 Å². The summed E-state index contributed by atoms with van der Waals surface area (Å²) in [6, 6.07) is 0. The van der Waals surface area contributed by atoms with Gasteiger partial charge in [-0.05, 0) is 17.9 Å². The van der Waals surface area contributed by atoms with E-state index in [9.17, 15) is 0 Å². The number of aromatic nitrogens is 1. The van der Waals surface area contributed by atoms with E-state index in [2.05, 4.69) is 38.9 Å². The molecule has 2 nitrogen and oxygen atoms in total. The molecule has 0 saturated heterocycles. The summed E-state index contributed by atoms with van der Waals surface area (Å²) in [4.78, 5) is 5.92. The van der Waals surface area contributed by atoms with Gasteiger partial charge in [-0.15, -0.1) is 11.3 Å². The lowest BCUT2D eigenvalue weighted by Gasteiger charge is -1.99. The maximum Gasteiger partial charge on any atom is 0.0953 e. The zero-order valence-corrected chi connectivity index (χ0v) is 10.8. The molecule has 0 aliphatic heterocycles. The van der Waals surface area contributed by atoms with E-state index >= 15 is 0 Å². The van der Waals surface area contributed by atoms with Crippen molar-refractivity contribution in [1.82, 2.24) is 4.98 Å². The first-order valence-corrected chi connectivity index (χ1v) is 6.45. The van der Waals surface area contributed by atoms with Crippen molar-refractivity contribution in [1.29, 1.82) is 0 Å². The van der Waals surface area contributed by atoms with Crippen LogP contribution in [0.15, 0.2) is 6.20 Å². The van der Waals surface area contributed by atoms with Gasteiger partial charge in [0, 0.05) is 22.9 Å². The van der Waals surface area contributed by atoms with Gasteiger partial charge in [0.25, 0.3) is 0 Å². The smallest absolute Gasteiger partial charge is 0.0953 e. The van der Waals surface area contributed by atoms with E-state index in [1.165, 1.54) is 9.88 Å². The minimum atomic E-state index is 0.384. The van der Waals surface area contributed by atoms with E-state index in [0.717, 1.165) is 6.54 Å². The maximum atomic E-state index is 5.79. The highest BCUT2D eigenvalue weighted by atomic mass is 32.1. The molecule has 2 atom stereocenters. The van der Waals surface area contributed by atoms with Gasteiger partial charge < -0.3 is 5.73 Å². The average Bonchev–Trinajstić information content (AvgIpc) is 2.58. The fraction of sp³-hybridized carbons (Fsp3) is 0.750. The molecular weight excluding hydrogens is 204 g/mol. The van der Waals surface area contributed by atoms with Gasteiger partial charge in [0.15, 0.2) is 0 Å². The summed E-state index contributed by atoms with van der Waals surface area (Å²) in [6.45, 7) is 9.81. The van der Waals surface area contributed by atoms with Crippen LogP contribution in [0, 0.1) is 11.3 Å². The van der Waals surface area contributed by atoms with Gasteiger partial charge >= 0.3 is 0 Å². The summed E-state index contributed by atoms with van der Waals surface area (Å²) >= 11 is 1.87. The van der Waals surface area contributed by atoms with Crippen LogP contribution in [-0.4, -0.2) is 11.5 Å².